The van der Waals surface area contributed by atoms with Crippen molar-refractivity contribution in [2.75, 3.05) is 27.2 Å². The molecule has 2 N–H and O–H groups in total. The van der Waals surface area contributed by atoms with Gasteiger partial charge in [-0.15, -0.1) is 0 Å². The second kappa shape index (κ2) is 7.04. The molecule has 0 saturated heterocycles. The van der Waals surface area contributed by atoms with Gasteiger partial charge in [0.2, 0.25) is 0 Å². The van der Waals surface area contributed by atoms with Crippen molar-refractivity contribution in [3.05, 3.63) is 27.9 Å². The fourth-order valence-electron chi connectivity index (χ4n) is 6.28. The molecule has 0 aliphatic heterocycles. The molecule has 1 aromatic heterocycles. The highest BCUT2D eigenvalue weighted by Gasteiger charge is 2.52. The Balaban J connectivity index is 1.47. The Morgan fingerprint density at radius 1 is 1.26 bits per heavy atom. The summed E-state index contributed by atoms with van der Waals surface area (Å²) >= 11 is 0. The van der Waals surface area contributed by atoms with Crippen LogP contribution in [0, 0.1) is 23.7 Å². The predicted molar refractivity (Wildman–Crippen MR) is 105 cm³/mol. The van der Waals surface area contributed by atoms with E-state index in [9.17, 15) is 9.59 Å². The van der Waals surface area contributed by atoms with E-state index in [2.05, 4.69) is 27.1 Å². The average Bonchev–Trinajstić information content (AvgIpc) is 2.58. The Morgan fingerprint density at radius 3 is 2.37 bits per heavy atom. The molecule has 5 rings (SSSR count). The number of amides is 1. The second-order valence-electron chi connectivity index (χ2n) is 9.75. The van der Waals surface area contributed by atoms with Crippen molar-refractivity contribution < 1.29 is 4.79 Å². The third-order valence-electron chi connectivity index (χ3n) is 6.87. The first kappa shape index (κ1) is 18.7. The maximum Gasteiger partial charge on any atom is 0.263 e. The van der Waals surface area contributed by atoms with Gasteiger partial charge in [-0.1, -0.05) is 6.92 Å². The van der Waals surface area contributed by atoms with Crippen LogP contribution in [-0.4, -0.2) is 48.0 Å². The summed E-state index contributed by atoms with van der Waals surface area (Å²) in [6, 6.07) is 0. The van der Waals surface area contributed by atoms with E-state index in [0.717, 1.165) is 49.4 Å². The second-order valence-corrected chi connectivity index (χ2v) is 9.75. The minimum Gasteiger partial charge on any atom is -0.351 e. The molecule has 1 aromatic rings. The molecule has 0 aromatic carbocycles. The number of hydrogen-bond acceptors (Lipinski definition) is 4. The van der Waals surface area contributed by atoms with Crippen molar-refractivity contribution in [1.29, 1.82) is 0 Å². The van der Waals surface area contributed by atoms with E-state index < -0.39 is 0 Å². The number of carbonyl (C=O) groups excluding carboxylic acids is 1. The Morgan fingerprint density at radius 2 is 1.85 bits per heavy atom. The zero-order chi connectivity index (χ0) is 19.2. The van der Waals surface area contributed by atoms with E-state index in [1.54, 1.807) is 0 Å². The highest BCUT2D eigenvalue weighted by Crippen LogP contribution is 2.59. The lowest BCUT2D eigenvalue weighted by atomic mass is 9.49. The van der Waals surface area contributed by atoms with Crippen molar-refractivity contribution in [2.24, 2.45) is 23.7 Å². The molecule has 6 nitrogen and oxygen atoms in total. The molecule has 4 fully saturated rings. The van der Waals surface area contributed by atoms with Crippen LogP contribution in [0.1, 0.15) is 61.6 Å². The third kappa shape index (κ3) is 3.68. The van der Waals surface area contributed by atoms with Crippen LogP contribution in [-0.2, 0) is 5.41 Å². The van der Waals surface area contributed by atoms with Gasteiger partial charge < -0.3 is 15.2 Å². The van der Waals surface area contributed by atoms with Gasteiger partial charge in [0.1, 0.15) is 11.4 Å². The van der Waals surface area contributed by atoms with Crippen molar-refractivity contribution >= 4 is 5.91 Å². The van der Waals surface area contributed by atoms with Gasteiger partial charge in [-0.25, -0.2) is 4.98 Å². The van der Waals surface area contributed by atoms with Gasteiger partial charge in [0.25, 0.3) is 11.5 Å². The lowest BCUT2D eigenvalue weighted by Crippen LogP contribution is -2.50. The molecule has 4 saturated carbocycles. The van der Waals surface area contributed by atoms with Crippen molar-refractivity contribution in [1.82, 2.24) is 20.2 Å². The van der Waals surface area contributed by atoms with Gasteiger partial charge in [-0.3, -0.25) is 9.59 Å². The number of rotatable bonds is 6. The van der Waals surface area contributed by atoms with Crippen molar-refractivity contribution in [3.8, 4) is 0 Å². The summed E-state index contributed by atoms with van der Waals surface area (Å²) < 4.78 is 0. The summed E-state index contributed by atoms with van der Waals surface area (Å²) in [6.07, 6.45) is 9.01. The first-order valence-electron chi connectivity index (χ1n) is 10.4. The average molecular weight is 373 g/mol. The Kier molecular flexibility index (Phi) is 4.87. The smallest absolute Gasteiger partial charge is 0.263 e. The number of aromatic nitrogens is 2. The topological polar surface area (TPSA) is 78.1 Å². The first-order valence-corrected chi connectivity index (χ1v) is 10.4. The standard InChI is InChI=1S/C21H32N4O2/c1-13(12-25(2)3)10-22-18(26)17-11-23-20(24-19(17)27)21-7-14-4-15(8-21)6-16(5-14)9-21/h11,13-16H,4-10,12H2,1-3H3,(H,22,26)(H,23,24,27)/t13-,14?,15?,16?,21?/m0/s1. The van der Waals surface area contributed by atoms with Crippen molar-refractivity contribution in [2.45, 2.75) is 50.9 Å². The normalized spacial score (nSPS) is 32.7. The van der Waals surface area contributed by atoms with Gasteiger partial charge in [0.05, 0.1) is 0 Å². The maximum absolute atomic E-state index is 12.6. The molecular weight excluding hydrogens is 340 g/mol. The quantitative estimate of drug-likeness (QED) is 0.802. The van der Waals surface area contributed by atoms with Gasteiger partial charge in [0, 0.05) is 24.7 Å². The van der Waals surface area contributed by atoms with E-state index >= 15 is 0 Å². The SMILES string of the molecule is C[C@@H](CNC(=O)c1cnc(C23CC4CC(CC(C4)C2)C3)[nH]c1=O)CN(C)C. The predicted octanol–water partition coefficient (Wildman–Crippen LogP) is 2.17. The van der Waals surface area contributed by atoms with Gasteiger partial charge in [-0.2, -0.15) is 0 Å². The lowest BCUT2D eigenvalue weighted by molar-refractivity contribution is -0.00953. The lowest BCUT2D eigenvalue weighted by Gasteiger charge is -2.56. The van der Waals surface area contributed by atoms with Crippen LogP contribution in [0.5, 0.6) is 0 Å². The molecule has 4 aliphatic carbocycles. The number of nitrogens with one attached hydrogen (secondary N) is 2. The number of carbonyl (C=O) groups is 1. The summed E-state index contributed by atoms with van der Waals surface area (Å²) in [6.45, 7) is 3.52. The van der Waals surface area contributed by atoms with Gasteiger partial charge >= 0.3 is 0 Å². The number of aromatic amines is 1. The monoisotopic (exact) mass is 372 g/mol. The number of H-pyrrole nitrogens is 1. The van der Waals surface area contributed by atoms with E-state index in [-0.39, 0.29) is 22.4 Å². The minimum atomic E-state index is -0.327. The van der Waals surface area contributed by atoms with Crippen LogP contribution < -0.4 is 10.9 Å². The van der Waals surface area contributed by atoms with Crippen LogP contribution in [0.25, 0.3) is 0 Å². The third-order valence-corrected chi connectivity index (χ3v) is 6.87. The fourth-order valence-corrected chi connectivity index (χ4v) is 6.28. The number of hydrogen-bond donors (Lipinski definition) is 2. The van der Waals surface area contributed by atoms with E-state index in [4.69, 9.17) is 0 Å². The molecule has 6 heteroatoms. The van der Waals surface area contributed by atoms with Crippen molar-refractivity contribution in [3.63, 3.8) is 0 Å². The molecule has 0 radical (unpaired) electrons. The molecular formula is C21H32N4O2. The molecule has 0 unspecified atom stereocenters. The molecule has 1 amide bonds. The summed E-state index contributed by atoms with van der Waals surface area (Å²) in [5.41, 5.74) is -0.127. The van der Waals surface area contributed by atoms with E-state index in [1.807, 2.05) is 14.1 Å². The molecule has 1 heterocycles. The Bertz CT molecular complexity index is 734. The van der Waals surface area contributed by atoms with Crippen LogP contribution in [0.3, 0.4) is 0 Å². The molecule has 1 atom stereocenters. The molecule has 27 heavy (non-hydrogen) atoms. The number of nitrogens with zero attached hydrogens (tertiary/aromatic N) is 2. The molecule has 4 aliphatic rings. The minimum absolute atomic E-state index is 0.0448. The molecule has 148 valence electrons. The van der Waals surface area contributed by atoms with E-state index in [1.165, 1.54) is 25.5 Å². The highest BCUT2D eigenvalue weighted by molar-refractivity contribution is 5.93. The molecule has 0 spiro atoms. The van der Waals surface area contributed by atoms with Crippen LogP contribution in [0.2, 0.25) is 0 Å². The summed E-state index contributed by atoms with van der Waals surface area (Å²) in [7, 11) is 4.02. The van der Waals surface area contributed by atoms with Crippen LogP contribution >= 0.6 is 0 Å². The summed E-state index contributed by atoms with van der Waals surface area (Å²) in [4.78, 5) is 34.8. The van der Waals surface area contributed by atoms with Gasteiger partial charge in [-0.05, 0) is 76.3 Å². The summed E-state index contributed by atoms with van der Waals surface area (Å²) in [5.74, 6) is 3.20. The summed E-state index contributed by atoms with van der Waals surface area (Å²) in [5, 5.41) is 2.87. The van der Waals surface area contributed by atoms with Crippen LogP contribution in [0.4, 0.5) is 0 Å². The zero-order valence-electron chi connectivity index (χ0n) is 16.8. The van der Waals surface area contributed by atoms with E-state index in [0.29, 0.717) is 12.5 Å². The highest BCUT2D eigenvalue weighted by atomic mass is 16.2. The zero-order valence-corrected chi connectivity index (χ0v) is 16.8. The Labute approximate surface area is 161 Å². The molecule has 4 bridgehead atoms. The van der Waals surface area contributed by atoms with Gasteiger partial charge in [0.15, 0.2) is 0 Å². The van der Waals surface area contributed by atoms with Crippen LogP contribution in [0.15, 0.2) is 11.0 Å². The Hall–Kier alpha value is -1.69. The maximum atomic E-state index is 12.6. The largest absolute Gasteiger partial charge is 0.351 e. The fraction of sp³-hybridized carbons (Fsp3) is 0.762. The first-order chi connectivity index (χ1) is 12.8.